The van der Waals surface area contributed by atoms with Crippen molar-refractivity contribution in [3.8, 4) is 6.07 Å². The van der Waals surface area contributed by atoms with E-state index in [2.05, 4.69) is 10.8 Å². The van der Waals surface area contributed by atoms with Gasteiger partial charge in [0.05, 0.1) is 12.3 Å². The first kappa shape index (κ1) is 10.1. The molecule has 0 heterocycles. The minimum atomic E-state index is -0.834. The summed E-state index contributed by atoms with van der Waals surface area (Å²) in [6.45, 7) is 0. The van der Waals surface area contributed by atoms with Crippen LogP contribution >= 0.6 is 0 Å². The zero-order chi connectivity index (χ0) is 9.40. The van der Waals surface area contributed by atoms with Crippen molar-refractivity contribution < 1.29 is 9.59 Å². The molecule has 0 aliphatic rings. The molecular formula is C6H8N4O2. The summed E-state index contributed by atoms with van der Waals surface area (Å²) >= 11 is 0. The Morgan fingerprint density at radius 2 is 2.33 bits per heavy atom. The number of nitrogens with one attached hydrogen (secondary N) is 1. The highest BCUT2D eigenvalue weighted by atomic mass is 16.2. The van der Waals surface area contributed by atoms with Crippen LogP contribution in [0, 0.1) is 11.3 Å². The molecule has 0 aromatic carbocycles. The molecule has 0 atom stereocenters. The average molecular weight is 168 g/mol. The van der Waals surface area contributed by atoms with Gasteiger partial charge in [-0.05, 0) is 0 Å². The highest BCUT2D eigenvalue weighted by Gasteiger charge is 1.95. The fourth-order valence-electron chi connectivity index (χ4n) is 0.412. The minimum Gasteiger partial charge on any atom is -0.350 e. The number of nitrogens with two attached hydrogens (primary N) is 1. The Morgan fingerprint density at radius 1 is 1.67 bits per heavy atom. The molecule has 0 aliphatic carbocycles. The molecule has 0 aromatic rings. The van der Waals surface area contributed by atoms with E-state index in [0.717, 1.165) is 6.21 Å². The molecule has 0 spiro atoms. The summed E-state index contributed by atoms with van der Waals surface area (Å²) in [5, 5.41) is 11.3. The maximum absolute atomic E-state index is 10.7. The maximum atomic E-state index is 10.7. The predicted molar refractivity (Wildman–Crippen MR) is 41.1 cm³/mol. The highest BCUT2D eigenvalue weighted by Crippen LogP contribution is 1.85. The quantitative estimate of drug-likeness (QED) is 0.436. The van der Waals surface area contributed by atoms with E-state index in [4.69, 9.17) is 5.26 Å². The topological polar surface area (TPSA) is 108 Å². The van der Waals surface area contributed by atoms with Gasteiger partial charge >= 0.3 is 6.03 Å². The second-order valence-corrected chi connectivity index (χ2v) is 1.86. The number of primary amides is 1. The first-order valence-corrected chi connectivity index (χ1v) is 3.15. The van der Waals surface area contributed by atoms with Crippen LogP contribution < -0.4 is 11.2 Å². The number of carbonyl (C=O) groups excluding carboxylic acids is 2. The molecule has 3 N–H and O–H groups in total. The monoisotopic (exact) mass is 168 g/mol. The van der Waals surface area contributed by atoms with Crippen molar-refractivity contribution in [3.63, 3.8) is 0 Å². The summed E-state index contributed by atoms with van der Waals surface area (Å²) in [5.41, 5.74) is 6.51. The van der Waals surface area contributed by atoms with Gasteiger partial charge in [-0.15, -0.1) is 0 Å². The third-order valence-electron chi connectivity index (χ3n) is 0.866. The molecule has 0 saturated heterocycles. The SMILES string of the molecule is N#CCCC(=O)/C=N/NC(N)=O. The Balaban J connectivity index is 3.62. The lowest BCUT2D eigenvalue weighted by Gasteiger charge is -1.89. The number of carbonyl (C=O) groups is 2. The Labute approximate surface area is 69.0 Å². The molecule has 12 heavy (non-hydrogen) atoms. The van der Waals surface area contributed by atoms with Gasteiger partial charge in [0, 0.05) is 12.8 Å². The van der Waals surface area contributed by atoms with Crippen molar-refractivity contribution in [1.82, 2.24) is 5.43 Å². The summed E-state index contributed by atoms with van der Waals surface area (Å²) in [6, 6.07) is 0.969. The summed E-state index contributed by atoms with van der Waals surface area (Å²) < 4.78 is 0. The largest absolute Gasteiger partial charge is 0.350 e. The van der Waals surface area contributed by atoms with Crippen LogP contribution in [0.1, 0.15) is 12.8 Å². The fourth-order valence-corrected chi connectivity index (χ4v) is 0.412. The number of Topliss-reactive ketones (excluding diaryl/α,β-unsaturated/α-hetero) is 1. The smallest absolute Gasteiger partial charge is 0.332 e. The third-order valence-corrected chi connectivity index (χ3v) is 0.866. The summed E-state index contributed by atoms with van der Waals surface area (Å²) in [4.78, 5) is 20.7. The van der Waals surface area contributed by atoms with E-state index in [1.807, 2.05) is 5.43 Å². The number of hydrogen-bond acceptors (Lipinski definition) is 4. The average Bonchev–Trinajstić information content (AvgIpc) is 2.00. The predicted octanol–water partition coefficient (Wildman–Crippen LogP) is -0.487. The second kappa shape index (κ2) is 5.85. The van der Waals surface area contributed by atoms with E-state index < -0.39 is 6.03 Å². The molecule has 0 radical (unpaired) electrons. The molecule has 0 aliphatic heterocycles. The van der Waals surface area contributed by atoms with Crippen molar-refractivity contribution >= 4 is 18.0 Å². The number of hydrazone groups is 1. The van der Waals surface area contributed by atoms with Gasteiger partial charge in [-0.2, -0.15) is 10.4 Å². The number of ketones is 1. The Hall–Kier alpha value is -1.90. The van der Waals surface area contributed by atoms with Crippen LogP contribution in [0.2, 0.25) is 0 Å². The Kier molecular flexibility index (Phi) is 4.93. The van der Waals surface area contributed by atoms with E-state index in [1.165, 1.54) is 0 Å². The molecule has 0 rings (SSSR count). The molecule has 0 saturated carbocycles. The lowest BCUT2D eigenvalue weighted by Crippen LogP contribution is -2.24. The van der Waals surface area contributed by atoms with E-state index in [0.29, 0.717) is 0 Å². The standard InChI is InChI=1S/C6H8N4O2/c7-3-1-2-5(11)4-9-10-6(8)12/h4H,1-2H2,(H3,8,10,12)/b9-4+. The molecule has 6 heteroatoms. The minimum absolute atomic E-state index is 0.0977. The lowest BCUT2D eigenvalue weighted by atomic mass is 10.2. The van der Waals surface area contributed by atoms with E-state index in [9.17, 15) is 9.59 Å². The zero-order valence-electron chi connectivity index (χ0n) is 6.28. The van der Waals surface area contributed by atoms with E-state index in [1.54, 1.807) is 6.07 Å². The molecule has 64 valence electrons. The molecule has 0 fully saturated rings. The van der Waals surface area contributed by atoms with Gasteiger partial charge in [-0.3, -0.25) is 4.79 Å². The summed E-state index contributed by atoms with van der Waals surface area (Å²) in [6.07, 6.45) is 1.16. The first-order chi connectivity index (χ1) is 5.66. The van der Waals surface area contributed by atoms with Crippen LogP contribution in [0.15, 0.2) is 5.10 Å². The van der Waals surface area contributed by atoms with Gasteiger partial charge in [0.15, 0.2) is 5.78 Å². The first-order valence-electron chi connectivity index (χ1n) is 3.15. The van der Waals surface area contributed by atoms with Crippen molar-refractivity contribution in [2.45, 2.75) is 12.8 Å². The Bertz CT molecular complexity index is 240. The van der Waals surface area contributed by atoms with Crippen molar-refractivity contribution in [2.75, 3.05) is 0 Å². The molecule has 0 unspecified atom stereocenters. The Morgan fingerprint density at radius 3 is 2.83 bits per heavy atom. The van der Waals surface area contributed by atoms with Gasteiger partial charge < -0.3 is 5.73 Å². The molecule has 2 amide bonds. The van der Waals surface area contributed by atoms with Crippen LogP contribution in [-0.2, 0) is 4.79 Å². The lowest BCUT2D eigenvalue weighted by molar-refractivity contribution is -0.112. The zero-order valence-corrected chi connectivity index (χ0v) is 6.28. The maximum Gasteiger partial charge on any atom is 0.332 e. The summed E-state index contributed by atoms with van der Waals surface area (Å²) in [5.74, 6) is -0.328. The van der Waals surface area contributed by atoms with Gasteiger partial charge in [-0.25, -0.2) is 10.2 Å². The van der Waals surface area contributed by atoms with Gasteiger partial charge in [0.1, 0.15) is 0 Å². The van der Waals surface area contributed by atoms with E-state index in [-0.39, 0.29) is 18.6 Å². The molecule has 0 bridgehead atoms. The van der Waals surface area contributed by atoms with Crippen molar-refractivity contribution in [2.24, 2.45) is 10.8 Å². The summed E-state index contributed by atoms with van der Waals surface area (Å²) in [7, 11) is 0. The third kappa shape index (κ3) is 6.22. The molecular weight excluding hydrogens is 160 g/mol. The van der Waals surface area contributed by atoms with Crippen molar-refractivity contribution in [3.05, 3.63) is 0 Å². The normalized spacial score (nSPS) is 9.25. The van der Waals surface area contributed by atoms with Crippen molar-refractivity contribution in [1.29, 1.82) is 5.26 Å². The molecule has 0 aromatic heterocycles. The van der Waals surface area contributed by atoms with Crippen LogP contribution in [0.4, 0.5) is 4.79 Å². The van der Waals surface area contributed by atoms with Crippen LogP contribution in [0.3, 0.4) is 0 Å². The second-order valence-electron chi connectivity index (χ2n) is 1.86. The van der Waals surface area contributed by atoms with Crippen LogP contribution in [-0.4, -0.2) is 18.0 Å². The van der Waals surface area contributed by atoms with Gasteiger partial charge in [0.25, 0.3) is 0 Å². The number of hydrogen-bond donors (Lipinski definition) is 2. The van der Waals surface area contributed by atoms with E-state index >= 15 is 0 Å². The number of nitrogens with zero attached hydrogens (tertiary/aromatic N) is 2. The number of rotatable bonds is 4. The van der Waals surface area contributed by atoms with Crippen LogP contribution in [0.5, 0.6) is 0 Å². The van der Waals surface area contributed by atoms with Gasteiger partial charge in [-0.1, -0.05) is 0 Å². The number of urea groups is 1. The highest BCUT2D eigenvalue weighted by molar-refractivity contribution is 6.27. The fraction of sp³-hybridized carbons (Fsp3) is 0.333. The van der Waals surface area contributed by atoms with Crippen LogP contribution in [0.25, 0.3) is 0 Å². The number of amides is 2. The molecule has 6 nitrogen and oxygen atoms in total. The van der Waals surface area contributed by atoms with Gasteiger partial charge in [0.2, 0.25) is 0 Å². The number of nitriles is 1.